The van der Waals surface area contributed by atoms with Crippen LogP contribution in [-0.2, 0) is 37.1 Å². The molecular formula is C38H40N14O12. The Bertz CT molecular complexity index is 2770. The van der Waals surface area contributed by atoms with Gasteiger partial charge in [-0.1, -0.05) is 12.2 Å². The van der Waals surface area contributed by atoms with E-state index in [1.165, 1.54) is 24.5 Å². The number of nitrogen functional groups attached to an aromatic ring is 2. The van der Waals surface area contributed by atoms with Gasteiger partial charge in [0, 0.05) is 29.8 Å². The van der Waals surface area contributed by atoms with Crippen LogP contribution >= 0.6 is 0 Å². The quantitative estimate of drug-likeness (QED) is 0.0514. The number of nitrogens with zero attached hydrogens (tertiary/aromatic N) is 6. The maximum absolute atomic E-state index is 12.3. The van der Waals surface area contributed by atoms with Crippen molar-refractivity contribution < 1.29 is 49.2 Å². The summed E-state index contributed by atoms with van der Waals surface area (Å²) in [6.07, 6.45) is 7.12. The van der Waals surface area contributed by atoms with E-state index in [2.05, 4.69) is 61.1 Å². The summed E-state index contributed by atoms with van der Waals surface area (Å²) in [4.78, 5) is 121. The average molecular weight is 885 g/mol. The lowest BCUT2D eigenvalue weighted by molar-refractivity contribution is -0.143. The van der Waals surface area contributed by atoms with Gasteiger partial charge < -0.3 is 53.2 Å². The highest BCUT2D eigenvalue weighted by Gasteiger charge is 2.25. The van der Waals surface area contributed by atoms with Crippen molar-refractivity contribution in [2.75, 3.05) is 16.8 Å². The van der Waals surface area contributed by atoms with E-state index in [4.69, 9.17) is 31.9 Å². The molecule has 0 spiro atoms. The third-order valence-electron chi connectivity index (χ3n) is 9.01. The van der Waals surface area contributed by atoms with Crippen LogP contribution in [0, 0.1) is 5.92 Å². The highest BCUT2D eigenvalue weighted by molar-refractivity contribution is 5.97. The Morgan fingerprint density at radius 1 is 0.703 bits per heavy atom. The Hall–Kier alpha value is -8.84. The Morgan fingerprint density at radius 2 is 1.20 bits per heavy atom. The first-order chi connectivity index (χ1) is 30.4. The fraction of sp³-hybridized carbons (Fsp3) is 0.263. The third-order valence-corrected chi connectivity index (χ3v) is 9.01. The number of rotatable bonds is 18. The summed E-state index contributed by atoms with van der Waals surface area (Å²) < 4.78 is 0. The molecule has 1 aromatic carbocycles. The number of anilines is 3. The van der Waals surface area contributed by atoms with Crippen LogP contribution < -0.4 is 43.9 Å². The Labute approximate surface area is 358 Å². The number of nitrogens with two attached hydrogens (primary N) is 2. The Balaban J connectivity index is 0.000000241. The number of amides is 2. The summed E-state index contributed by atoms with van der Waals surface area (Å²) in [5, 5.41) is 46.5. The monoisotopic (exact) mass is 884 g/mol. The molecule has 1 aliphatic carbocycles. The van der Waals surface area contributed by atoms with Crippen molar-refractivity contribution in [1.29, 1.82) is 0 Å². The molecule has 5 aromatic rings. The van der Waals surface area contributed by atoms with E-state index in [1.807, 2.05) is 0 Å². The second-order valence-electron chi connectivity index (χ2n) is 13.7. The lowest BCUT2D eigenvalue weighted by Gasteiger charge is -2.20. The molecule has 0 bridgehead atoms. The molecule has 0 aliphatic heterocycles. The normalized spacial score (nSPS) is 13.9. The Kier molecular flexibility index (Phi) is 15.2. The number of aromatic amines is 2. The molecule has 0 saturated carbocycles. The number of fused-ring (bicyclic) bond motifs is 2. The molecule has 4 heterocycles. The SMILES string of the molecule is Nc1nc2ncc(CNC3=CCC(C(=O)NC(CCC(=O)O)C(=O)O)C=C3)nc2c(=O)[nH]1.Nc1nc2ncc(CNc3ccc(C(=O)NC(CCC(=O)O)C(=O)O)cc3)nc2c(=O)[nH]1. The molecule has 1 aliphatic rings. The molecule has 3 atom stereocenters. The van der Waals surface area contributed by atoms with Crippen LogP contribution in [-0.4, -0.2) is 108 Å². The summed E-state index contributed by atoms with van der Waals surface area (Å²) in [7, 11) is 0. The van der Waals surface area contributed by atoms with Crippen molar-refractivity contribution in [1.82, 2.24) is 55.8 Å². The summed E-state index contributed by atoms with van der Waals surface area (Å²) >= 11 is 0. The summed E-state index contributed by atoms with van der Waals surface area (Å²) in [6.45, 7) is 0.491. The standard InChI is InChI=1S/C19H21N7O6.C19H19N7O6/c2*20-19-25-15-14(17(30)26-19)23-11(8-22-15)7-21-10-3-1-9(2-4-10)16(29)24-12(18(31)32)5-6-13(27)28/h1,3-4,8-9,12,21H,2,5-7H2,(H,24,29)(H,27,28)(H,31,32)(H3,20,22,25,26,30);1-4,8,12,21H,5-7H2,(H,24,29)(H,27,28)(H,31,32)(H3,20,22,25,26,30). The van der Waals surface area contributed by atoms with Gasteiger partial charge in [-0.2, -0.15) is 9.97 Å². The predicted octanol–water partition coefficient (Wildman–Crippen LogP) is -0.766. The lowest BCUT2D eigenvalue weighted by atomic mass is 9.97. The van der Waals surface area contributed by atoms with Gasteiger partial charge in [0.05, 0.1) is 42.8 Å². The van der Waals surface area contributed by atoms with Gasteiger partial charge in [-0.25, -0.2) is 29.5 Å². The molecule has 0 fully saturated rings. The van der Waals surface area contributed by atoms with Gasteiger partial charge in [0.15, 0.2) is 22.3 Å². The molecule has 0 radical (unpaired) electrons. The van der Waals surface area contributed by atoms with Crippen molar-refractivity contribution in [3.05, 3.63) is 98.2 Å². The minimum Gasteiger partial charge on any atom is -0.481 e. The van der Waals surface area contributed by atoms with Crippen molar-refractivity contribution >= 4 is 75.6 Å². The first-order valence-corrected chi connectivity index (χ1v) is 18.9. The van der Waals surface area contributed by atoms with Gasteiger partial charge >= 0.3 is 23.9 Å². The minimum absolute atomic E-state index is 0.0460. The number of carboxylic acids is 4. The highest BCUT2D eigenvalue weighted by atomic mass is 16.4. The van der Waals surface area contributed by atoms with Gasteiger partial charge in [-0.05, 0) is 49.6 Å². The molecule has 0 saturated heterocycles. The number of hydrogen-bond donors (Lipinski definition) is 12. The van der Waals surface area contributed by atoms with Crippen LogP contribution in [0.1, 0.15) is 53.8 Å². The molecule has 2 amide bonds. The first kappa shape index (κ1) is 46.2. The van der Waals surface area contributed by atoms with Crippen LogP contribution in [0.15, 0.2) is 70.2 Å². The van der Waals surface area contributed by atoms with Gasteiger partial charge in [0.2, 0.25) is 17.8 Å². The molecule has 26 nitrogen and oxygen atoms in total. The topological polar surface area (TPSA) is 427 Å². The molecular weight excluding hydrogens is 845 g/mol. The fourth-order valence-corrected chi connectivity index (χ4v) is 5.75. The number of hydrogen-bond acceptors (Lipinski definition) is 18. The number of aliphatic carboxylic acids is 4. The van der Waals surface area contributed by atoms with E-state index >= 15 is 0 Å². The van der Waals surface area contributed by atoms with Crippen molar-refractivity contribution in [3.63, 3.8) is 0 Å². The molecule has 64 heavy (non-hydrogen) atoms. The second-order valence-corrected chi connectivity index (χ2v) is 13.7. The fourth-order valence-electron chi connectivity index (χ4n) is 5.75. The molecule has 14 N–H and O–H groups in total. The molecule has 3 unspecified atom stereocenters. The van der Waals surface area contributed by atoms with Crippen LogP contribution in [0.25, 0.3) is 22.3 Å². The zero-order valence-corrected chi connectivity index (χ0v) is 33.3. The zero-order valence-electron chi connectivity index (χ0n) is 33.3. The van der Waals surface area contributed by atoms with E-state index in [1.54, 1.807) is 30.4 Å². The van der Waals surface area contributed by atoms with Crippen LogP contribution in [0.2, 0.25) is 0 Å². The molecule has 334 valence electrons. The summed E-state index contributed by atoms with van der Waals surface area (Å²) in [5.41, 5.74) is 12.9. The van der Waals surface area contributed by atoms with E-state index in [-0.39, 0.29) is 78.6 Å². The maximum Gasteiger partial charge on any atom is 0.326 e. The second kappa shape index (κ2) is 21.1. The number of carboxylic acid groups (broad SMARTS) is 4. The van der Waals surface area contributed by atoms with Crippen molar-refractivity contribution in [2.45, 2.75) is 57.3 Å². The number of allylic oxidation sites excluding steroid dienone is 2. The third kappa shape index (κ3) is 13.1. The van der Waals surface area contributed by atoms with E-state index in [9.17, 15) is 38.4 Å². The molecule has 4 aromatic heterocycles. The van der Waals surface area contributed by atoms with Gasteiger partial charge in [0.25, 0.3) is 17.0 Å². The summed E-state index contributed by atoms with van der Waals surface area (Å²) in [5.74, 6) is -6.70. The van der Waals surface area contributed by atoms with Crippen LogP contribution in [0.4, 0.5) is 17.6 Å². The maximum atomic E-state index is 12.3. The molecule has 26 heteroatoms. The van der Waals surface area contributed by atoms with Gasteiger partial charge in [-0.3, -0.25) is 38.7 Å². The van der Waals surface area contributed by atoms with E-state index in [0.717, 1.165) is 0 Å². The largest absolute Gasteiger partial charge is 0.481 e. The van der Waals surface area contributed by atoms with Gasteiger partial charge in [-0.15, -0.1) is 0 Å². The minimum atomic E-state index is -1.31. The highest BCUT2D eigenvalue weighted by Crippen LogP contribution is 2.17. The molecule has 6 rings (SSSR count). The summed E-state index contributed by atoms with van der Waals surface area (Å²) in [6, 6.07) is 3.59. The van der Waals surface area contributed by atoms with Crippen molar-refractivity contribution in [2.24, 2.45) is 5.92 Å². The van der Waals surface area contributed by atoms with Crippen LogP contribution in [0.3, 0.4) is 0 Å². The number of H-pyrrole nitrogens is 2. The van der Waals surface area contributed by atoms with Gasteiger partial charge in [0.1, 0.15) is 12.1 Å². The predicted molar refractivity (Wildman–Crippen MR) is 223 cm³/mol. The van der Waals surface area contributed by atoms with E-state index in [0.29, 0.717) is 29.2 Å². The lowest BCUT2D eigenvalue weighted by Crippen LogP contribution is -2.43. The Morgan fingerprint density at radius 3 is 1.67 bits per heavy atom. The number of carbonyl (C=O) groups is 6. The number of carbonyl (C=O) groups excluding carboxylic acids is 2. The van der Waals surface area contributed by atoms with E-state index < -0.39 is 64.8 Å². The number of nitrogens with one attached hydrogen (secondary N) is 6. The smallest absolute Gasteiger partial charge is 0.326 e. The average Bonchev–Trinajstić information content (AvgIpc) is 3.25. The van der Waals surface area contributed by atoms with Crippen molar-refractivity contribution in [3.8, 4) is 0 Å². The number of aromatic nitrogens is 8. The zero-order chi connectivity index (χ0) is 46.5. The first-order valence-electron chi connectivity index (χ1n) is 18.9. The van der Waals surface area contributed by atoms with Crippen LogP contribution in [0.5, 0.6) is 0 Å². The number of benzene rings is 1.